The zero-order valence-electron chi connectivity index (χ0n) is 16.9. The Morgan fingerprint density at radius 3 is 2.32 bits per heavy atom. The zero-order valence-corrected chi connectivity index (χ0v) is 19.3. The molecule has 1 aliphatic heterocycles. The molecule has 0 bridgehead atoms. The van der Waals surface area contributed by atoms with Crippen molar-refractivity contribution in [2.24, 2.45) is 0 Å². The van der Waals surface area contributed by atoms with Gasteiger partial charge in [-0.15, -0.1) is 24.8 Å². The molecule has 162 valence electrons. The topological polar surface area (TPSA) is 81.8 Å². The first-order valence-corrected chi connectivity index (χ1v) is 10.6. The molecule has 1 aliphatic rings. The SMILES string of the molecule is CCN(CC)S(=O)(=O)c1cc(NC(=O)C(C)N2CCNCC2)ccc1C.Cl.Cl. The summed E-state index contributed by atoms with van der Waals surface area (Å²) >= 11 is 0. The van der Waals surface area contributed by atoms with E-state index in [1.54, 1.807) is 25.1 Å². The average molecular weight is 455 g/mol. The molecule has 0 saturated carbocycles. The van der Waals surface area contributed by atoms with Crippen LogP contribution in [0.15, 0.2) is 23.1 Å². The number of nitrogens with one attached hydrogen (secondary N) is 2. The van der Waals surface area contributed by atoms with E-state index in [2.05, 4.69) is 15.5 Å². The Labute approximate surface area is 181 Å². The Bertz CT molecular complexity index is 736. The van der Waals surface area contributed by atoms with Gasteiger partial charge in [0.2, 0.25) is 15.9 Å². The van der Waals surface area contributed by atoms with E-state index in [-0.39, 0.29) is 41.7 Å². The van der Waals surface area contributed by atoms with E-state index in [0.29, 0.717) is 24.3 Å². The van der Waals surface area contributed by atoms with Gasteiger partial charge in [-0.3, -0.25) is 9.69 Å². The summed E-state index contributed by atoms with van der Waals surface area (Å²) in [5, 5.41) is 6.14. The summed E-state index contributed by atoms with van der Waals surface area (Å²) in [5.74, 6) is -0.123. The summed E-state index contributed by atoms with van der Waals surface area (Å²) in [6.45, 7) is 11.5. The van der Waals surface area contributed by atoms with Gasteiger partial charge in [0, 0.05) is 45.0 Å². The Morgan fingerprint density at radius 1 is 1.21 bits per heavy atom. The van der Waals surface area contributed by atoms with Crippen LogP contribution in [0.4, 0.5) is 5.69 Å². The number of sulfonamides is 1. The fraction of sp³-hybridized carbons (Fsp3) is 0.611. The Balaban J connectivity index is 0.00000364. The van der Waals surface area contributed by atoms with Crippen molar-refractivity contribution in [3.8, 4) is 0 Å². The Hall–Kier alpha value is -0.900. The van der Waals surface area contributed by atoms with Crippen LogP contribution >= 0.6 is 24.8 Å². The highest BCUT2D eigenvalue weighted by molar-refractivity contribution is 7.89. The molecule has 1 fully saturated rings. The van der Waals surface area contributed by atoms with E-state index in [9.17, 15) is 13.2 Å². The van der Waals surface area contributed by atoms with Crippen LogP contribution in [0.5, 0.6) is 0 Å². The maximum atomic E-state index is 12.8. The number of hydrogen-bond acceptors (Lipinski definition) is 5. The molecule has 1 heterocycles. The summed E-state index contributed by atoms with van der Waals surface area (Å²) in [7, 11) is -3.57. The maximum absolute atomic E-state index is 12.8. The Morgan fingerprint density at radius 2 is 1.79 bits per heavy atom. The van der Waals surface area contributed by atoms with Crippen LogP contribution in [0, 0.1) is 6.92 Å². The van der Waals surface area contributed by atoms with Crippen molar-refractivity contribution in [3.63, 3.8) is 0 Å². The number of piperazine rings is 1. The van der Waals surface area contributed by atoms with Crippen LogP contribution in [-0.2, 0) is 14.8 Å². The van der Waals surface area contributed by atoms with Crippen LogP contribution in [0.25, 0.3) is 0 Å². The molecular formula is C18H32Cl2N4O3S. The fourth-order valence-corrected chi connectivity index (χ4v) is 4.85. The third-order valence-electron chi connectivity index (χ3n) is 4.86. The van der Waals surface area contributed by atoms with E-state index >= 15 is 0 Å². The molecule has 0 aromatic heterocycles. The van der Waals surface area contributed by atoms with Gasteiger partial charge in [0.15, 0.2) is 0 Å². The van der Waals surface area contributed by atoms with Crippen molar-refractivity contribution in [1.82, 2.24) is 14.5 Å². The standard InChI is InChI=1S/C18H30N4O3S.2ClH/c1-5-22(6-2)26(24,25)17-13-16(8-7-14(17)3)20-18(23)15(4)21-11-9-19-10-12-21;;/h7-8,13,15,19H,5-6,9-12H2,1-4H3,(H,20,23);2*1H. The van der Waals surface area contributed by atoms with Crippen LogP contribution in [-0.4, -0.2) is 68.8 Å². The smallest absolute Gasteiger partial charge is 0.243 e. The van der Waals surface area contributed by atoms with Crippen LogP contribution in [0.3, 0.4) is 0 Å². The van der Waals surface area contributed by atoms with Gasteiger partial charge in [0.25, 0.3) is 0 Å². The molecule has 7 nitrogen and oxygen atoms in total. The second-order valence-corrected chi connectivity index (χ2v) is 8.43. The lowest BCUT2D eigenvalue weighted by Crippen LogP contribution is -2.51. The summed E-state index contributed by atoms with van der Waals surface area (Å²) in [5.41, 5.74) is 1.18. The van der Waals surface area contributed by atoms with Crippen molar-refractivity contribution >= 4 is 46.4 Å². The number of carbonyl (C=O) groups excluding carboxylic acids is 1. The maximum Gasteiger partial charge on any atom is 0.243 e. The molecule has 0 radical (unpaired) electrons. The van der Waals surface area contributed by atoms with E-state index < -0.39 is 10.0 Å². The molecule has 0 spiro atoms. The lowest BCUT2D eigenvalue weighted by molar-refractivity contribution is -0.120. The summed E-state index contributed by atoms with van der Waals surface area (Å²) in [6.07, 6.45) is 0. The molecule has 0 aliphatic carbocycles. The number of anilines is 1. The van der Waals surface area contributed by atoms with Gasteiger partial charge in [-0.05, 0) is 31.5 Å². The number of carbonyl (C=O) groups is 1. The van der Waals surface area contributed by atoms with Gasteiger partial charge in [-0.25, -0.2) is 8.42 Å². The number of halogens is 2. The van der Waals surface area contributed by atoms with Gasteiger partial charge in [-0.2, -0.15) is 4.31 Å². The normalized spacial score (nSPS) is 16.0. The predicted molar refractivity (Wildman–Crippen MR) is 118 cm³/mol. The van der Waals surface area contributed by atoms with Crippen LogP contribution in [0.2, 0.25) is 0 Å². The minimum atomic E-state index is -3.57. The zero-order chi connectivity index (χ0) is 19.3. The third kappa shape index (κ3) is 6.30. The molecule has 10 heteroatoms. The first kappa shape index (κ1) is 27.1. The molecule has 28 heavy (non-hydrogen) atoms. The molecule has 2 rings (SSSR count). The minimum Gasteiger partial charge on any atom is -0.325 e. The minimum absolute atomic E-state index is 0. The van der Waals surface area contributed by atoms with Crippen molar-refractivity contribution in [2.75, 3.05) is 44.6 Å². The predicted octanol–water partition coefficient (Wildman–Crippen LogP) is 2.10. The fourth-order valence-electron chi connectivity index (χ4n) is 3.14. The highest BCUT2D eigenvalue weighted by Crippen LogP contribution is 2.24. The molecule has 1 amide bonds. The highest BCUT2D eigenvalue weighted by Gasteiger charge is 2.26. The molecule has 1 atom stereocenters. The van der Waals surface area contributed by atoms with Gasteiger partial charge in [0.1, 0.15) is 0 Å². The highest BCUT2D eigenvalue weighted by atomic mass is 35.5. The molecule has 2 N–H and O–H groups in total. The molecule has 1 aromatic rings. The van der Waals surface area contributed by atoms with Gasteiger partial charge >= 0.3 is 0 Å². The first-order valence-electron chi connectivity index (χ1n) is 9.17. The van der Waals surface area contributed by atoms with E-state index in [1.807, 2.05) is 20.8 Å². The van der Waals surface area contributed by atoms with E-state index in [4.69, 9.17) is 0 Å². The second kappa shape index (κ2) is 11.9. The monoisotopic (exact) mass is 454 g/mol. The first-order chi connectivity index (χ1) is 12.3. The number of hydrogen-bond donors (Lipinski definition) is 2. The summed E-state index contributed by atoms with van der Waals surface area (Å²) in [4.78, 5) is 14.9. The van der Waals surface area contributed by atoms with Crippen LogP contribution < -0.4 is 10.6 Å². The molecular weight excluding hydrogens is 423 g/mol. The van der Waals surface area contributed by atoms with E-state index in [1.165, 1.54) is 4.31 Å². The van der Waals surface area contributed by atoms with Crippen molar-refractivity contribution in [1.29, 1.82) is 0 Å². The Kier molecular flexibility index (Phi) is 11.6. The number of benzene rings is 1. The second-order valence-electron chi connectivity index (χ2n) is 6.52. The lowest BCUT2D eigenvalue weighted by atomic mass is 10.2. The summed E-state index contributed by atoms with van der Waals surface area (Å²) in [6, 6.07) is 4.78. The van der Waals surface area contributed by atoms with Gasteiger partial charge in [-0.1, -0.05) is 19.9 Å². The molecule has 1 aromatic carbocycles. The van der Waals surface area contributed by atoms with Crippen molar-refractivity contribution in [2.45, 2.75) is 38.6 Å². The van der Waals surface area contributed by atoms with Gasteiger partial charge in [0.05, 0.1) is 10.9 Å². The van der Waals surface area contributed by atoms with Crippen molar-refractivity contribution < 1.29 is 13.2 Å². The number of aryl methyl sites for hydroxylation is 1. The quantitative estimate of drug-likeness (QED) is 0.658. The van der Waals surface area contributed by atoms with E-state index in [0.717, 1.165) is 26.2 Å². The molecule has 1 unspecified atom stereocenters. The van der Waals surface area contributed by atoms with Gasteiger partial charge < -0.3 is 10.6 Å². The molecule has 1 saturated heterocycles. The number of amides is 1. The number of rotatable bonds is 7. The number of nitrogens with zero attached hydrogens (tertiary/aromatic N) is 2. The summed E-state index contributed by atoms with van der Waals surface area (Å²) < 4.78 is 27.1. The largest absolute Gasteiger partial charge is 0.325 e. The third-order valence-corrected chi connectivity index (χ3v) is 7.05. The van der Waals surface area contributed by atoms with Crippen LogP contribution in [0.1, 0.15) is 26.3 Å². The van der Waals surface area contributed by atoms with Crippen molar-refractivity contribution in [3.05, 3.63) is 23.8 Å². The lowest BCUT2D eigenvalue weighted by Gasteiger charge is -2.31. The average Bonchev–Trinajstić information content (AvgIpc) is 2.64.